The summed E-state index contributed by atoms with van der Waals surface area (Å²) in [6.45, 7) is 1.87. The zero-order valence-corrected chi connectivity index (χ0v) is 27.6. The minimum absolute atomic E-state index is 0.00499. The zero-order chi connectivity index (χ0) is 35.4. The van der Waals surface area contributed by atoms with Crippen molar-refractivity contribution in [2.24, 2.45) is 0 Å². The number of rotatable bonds is 9. The quantitative estimate of drug-likeness (QED) is 0.153. The van der Waals surface area contributed by atoms with Crippen LogP contribution in [-0.2, 0) is 10.0 Å². The number of furan rings is 1. The van der Waals surface area contributed by atoms with E-state index in [0.717, 1.165) is 16.6 Å². The number of anilines is 1. The van der Waals surface area contributed by atoms with Gasteiger partial charge in [-0.25, -0.2) is 31.0 Å². The second kappa shape index (κ2) is 12.3. The highest BCUT2D eigenvalue weighted by molar-refractivity contribution is 7.92. The summed E-state index contributed by atoms with van der Waals surface area (Å²) in [4.78, 5) is 17.5. The monoisotopic (exact) mass is 695 g/mol. The van der Waals surface area contributed by atoms with Gasteiger partial charge >= 0.3 is 0 Å². The molecule has 6 aromatic rings. The van der Waals surface area contributed by atoms with E-state index in [-0.39, 0.29) is 61.8 Å². The van der Waals surface area contributed by atoms with Gasteiger partial charge in [0.25, 0.3) is 5.91 Å². The van der Waals surface area contributed by atoms with Gasteiger partial charge in [-0.15, -0.1) is 0 Å². The first kappa shape index (κ1) is 33.5. The Labute approximate surface area is 278 Å². The summed E-state index contributed by atoms with van der Waals surface area (Å²) < 4.78 is 102. The van der Waals surface area contributed by atoms with Gasteiger partial charge in [0.1, 0.15) is 39.9 Å². The number of hydrogen-bond acceptors (Lipinski definition) is 7. The van der Waals surface area contributed by atoms with Crippen molar-refractivity contribution < 1.29 is 44.3 Å². The normalized spacial score (nSPS) is 12.1. The molecule has 0 aliphatic heterocycles. The number of hydrogen-bond donors (Lipinski definition) is 1. The number of aromatic nitrogens is 1. The molecule has 6 rings (SSSR count). The van der Waals surface area contributed by atoms with Crippen LogP contribution in [0.3, 0.4) is 0 Å². The second-order valence-corrected chi connectivity index (χ2v) is 13.8. The number of oxazole rings is 1. The highest BCUT2D eigenvalue weighted by atomic mass is 32.2. The number of ether oxygens (including phenoxy) is 1. The van der Waals surface area contributed by atoms with Crippen LogP contribution in [0, 0.1) is 17.5 Å². The summed E-state index contributed by atoms with van der Waals surface area (Å²) in [6, 6.07) is 14.5. The van der Waals surface area contributed by atoms with Gasteiger partial charge < -0.3 is 18.9 Å². The third-order valence-electron chi connectivity index (χ3n) is 7.71. The van der Waals surface area contributed by atoms with Gasteiger partial charge in [0.15, 0.2) is 11.4 Å². The van der Waals surface area contributed by atoms with Gasteiger partial charge in [-0.1, -0.05) is 6.07 Å². The number of carbonyl (C=O) groups is 1. The lowest BCUT2D eigenvalue weighted by atomic mass is 9.96. The van der Waals surface area contributed by atoms with Crippen molar-refractivity contribution in [1.82, 2.24) is 10.3 Å². The van der Waals surface area contributed by atoms with Crippen LogP contribution in [0.4, 0.5) is 23.2 Å². The fourth-order valence-electron chi connectivity index (χ4n) is 5.56. The van der Waals surface area contributed by atoms with E-state index in [2.05, 4.69) is 10.3 Å². The third-order valence-corrected chi connectivity index (χ3v) is 8.84. The highest BCUT2D eigenvalue weighted by Gasteiger charge is 2.32. The molecule has 0 atom stereocenters. The zero-order valence-electron chi connectivity index (χ0n) is 26.8. The number of halogens is 4. The van der Waals surface area contributed by atoms with E-state index in [0.29, 0.717) is 17.2 Å². The maximum absolute atomic E-state index is 15.2. The first-order chi connectivity index (χ1) is 23.1. The molecule has 4 aromatic carbocycles. The number of benzene rings is 4. The molecule has 0 saturated heterocycles. The number of methoxy groups -OCH3 is 1. The summed E-state index contributed by atoms with van der Waals surface area (Å²) in [5.41, 5.74) is -1.07. The maximum atomic E-state index is 15.2. The average Bonchev–Trinajstić information content (AvgIpc) is 3.63. The Bertz CT molecular complexity index is 2360. The molecule has 2 aromatic heterocycles. The lowest BCUT2D eigenvalue weighted by Gasteiger charge is -2.29. The maximum Gasteiger partial charge on any atom is 0.255 e. The predicted molar refractivity (Wildman–Crippen MR) is 177 cm³/mol. The molecule has 2 heterocycles. The van der Waals surface area contributed by atoms with Gasteiger partial charge in [0.05, 0.1) is 36.7 Å². The SMILES string of the molecule is CNC(=O)c1c(-c2ccc(F)cc2)oc2cc(N(CC(C)(C)F)S(C)(=O)=O)c(-c3ccc(OC)c(-c4nc5c(F)cc(F)cc5o4)c3)cc12. The van der Waals surface area contributed by atoms with Gasteiger partial charge in [0, 0.05) is 41.8 Å². The number of alkyl halides is 1. The minimum atomic E-state index is -4.13. The Kier molecular flexibility index (Phi) is 8.39. The third kappa shape index (κ3) is 6.43. The van der Waals surface area contributed by atoms with Crippen molar-refractivity contribution >= 4 is 43.7 Å². The Hall–Kier alpha value is -5.37. The van der Waals surface area contributed by atoms with Crippen molar-refractivity contribution in [1.29, 1.82) is 0 Å². The van der Waals surface area contributed by atoms with E-state index < -0.39 is 45.6 Å². The van der Waals surface area contributed by atoms with Crippen molar-refractivity contribution in [2.45, 2.75) is 19.5 Å². The van der Waals surface area contributed by atoms with Gasteiger partial charge in [-0.2, -0.15) is 0 Å². The van der Waals surface area contributed by atoms with E-state index in [1.54, 1.807) is 6.07 Å². The summed E-state index contributed by atoms with van der Waals surface area (Å²) in [5.74, 6) is -2.66. The van der Waals surface area contributed by atoms with E-state index in [9.17, 15) is 26.4 Å². The van der Waals surface area contributed by atoms with Crippen LogP contribution in [0.1, 0.15) is 24.2 Å². The second-order valence-electron chi connectivity index (χ2n) is 11.9. The summed E-state index contributed by atoms with van der Waals surface area (Å²) in [5, 5.41) is 2.84. The lowest BCUT2D eigenvalue weighted by Crippen LogP contribution is -2.40. The van der Waals surface area contributed by atoms with E-state index >= 15 is 4.39 Å². The molecule has 0 bridgehead atoms. The fraction of sp³-hybridized carbons (Fsp3) is 0.200. The number of nitrogens with one attached hydrogen (secondary N) is 1. The average molecular weight is 696 g/mol. The van der Waals surface area contributed by atoms with Gasteiger partial charge in [-0.3, -0.25) is 9.10 Å². The van der Waals surface area contributed by atoms with Crippen LogP contribution in [-0.4, -0.2) is 51.9 Å². The molecule has 0 aliphatic rings. The van der Waals surface area contributed by atoms with Crippen LogP contribution in [0.2, 0.25) is 0 Å². The number of amides is 1. The molecule has 14 heteroatoms. The van der Waals surface area contributed by atoms with Crippen LogP contribution in [0.15, 0.2) is 75.6 Å². The molecule has 0 aliphatic carbocycles. The van der Waals surface area contributed by atoms with Crippen molar-refractivity contribution in [3.63, 3.8) is 0 Å². The summed E-state index contributed by atoms with van der Waals surface area (Å²) >= 11 is 0. The number of nitrogens with zero attached hydrogens (tertiary/aromatic N) is 2. The van der Waals surface area contributed by atoms with Crippen LogP contribution < -0.4 is 14.4 Å². The van der Waals surface area contributed by atoms with E-state index in [4.69, 9.17) is 13.6 Å². The summed E-state index contributed by atoms with van der Waals surface area (Å²) in [6.07, 6.45) is 0.931. The van der Waals surface area contributed by atoms with Crippen molar-refractivity contribution in [3.8, 4) is 39.7 Å². The first-order valence-corrected chi connectivity index (χ1v) is 16.6. The first-order valence-electron chi connectivity index (χ1n) is 14.8. The summed E-state index contributed by atoms with van der Waals surface area (Å²) in [7, 11) is -1.33. The van der Waals surface area contributed by atoms with E-state index in [1.165, 1.54) is 76.5 Å². The van der Waals surface area contributed by atoms with Crippen LogP contribution in [0.5, 0.6) is 5.75 Å². The molecule has 9 nitrogen and oxygen atoms in total. The smallest absolute Gasteiger partial charge is 0.255 e. The molecule has 1 N–H and O–H groups in total. The largest absolute Gasteiger partial charge is 0.496 e. The number of fused-ring (bicyclic) bond motifs is 2. The lowest BCUT2D eigenvalue weighted by molar-refractivity contribution is 0.0964. The van der Waals surface area contributed by atoms with Gasteiger partial charge in [0.2, 0.25) is 15.9 Å². The molecule has 254 valence electrons. The molecule has 0 unspecified atom stereocenters. The van der Waals surface area contributed by atoms with Crippen molar-refractivity contribution in [3.05, 3.63) is 89.7 Å². The molecule has 0 fully saturated rings. The Morgan fingerprint density at radius 1 is 0.918 bits per heavy atom. The topological polar surface area (TPSA) is 115 Å². The van der Waals surface area contributed by atoms with Crippen LogP contribution in [0.25, 0.3) is 56.0 Å². The number of sulfonamides is 1. The van der Waals surface area contributed by atoms with Crippen molar-refractivity contribution in [2.75, 3.05) is 31.3 Å². The molecule has 0 saturated carbocycles. The fourth-order valence-corrected chi connectivity index (χ4v) is 6.61. The molecule has 49 heavy (non-hydrogen) atoms. The minimum Gasteiger partial charge on any atom is -0.496 e. The Morgan fingerprint density at radius 3 is 2.24 bits per heavy atom. The molecule has 1 amide bonds. The highest BCUT2D eigenvalue weighted by Crippen LogP contribution is 2.44. The Balaban J connectivity index is 1.67. The molecular formula is C35H29F4N3O6S. The predicted octanol–water partition coefficient (Wildman–Crippen LogP) is 7.87. The van der Waals surface area contributed by atoms with Gasteiger partial charge in [-0.05, 0) is 61.9 Å². The molecule has 0 spiro atoms. The molecule has 0 radical (unpaired) electrons. The Morgan fingerprint density at radius 2 is 1.61 bits per heavy atom. The number of carbonyl (C=O) groups excluding carboxylic acids is 1. The van der Waals surface area contributed by atoms with Crippen LogP contribution >= 0.6 is 0 Å². The molecular weight excluding hydrogens is 666 g/mol. The standard InChI is InChI=1S/C35H29F4N3O6S/c1-35(2,39)17-42(49(5,44)45)26-16-28-23(30(33(43)40-3)32(47-28)18-6-9-20(36)10-7-18)15-22(26)19-8-11-27(46-4)24(12-19)34-41-31-25(38)13-21(37)14-29(31)48-34/h6-16H,17H2,1-5H3,(H,40,43). The van der Waals surface area contributed by atoms with E-state index in [1.807, 2.05) is 0 Å².